The highest BCUT2D eigenvalue weighted by atomic mass is 35.5. The first-order chi connectivity index (χ1) is 8.45. The van der Waals surface area contributed by atoms with Crippen LogP contribution in [0.15, 0.2) is 24.3 Å². The van der Waals surface area contributed by atoms with Gasteiger partial charge in [-0.05, 0) is 44.6 Å². The Balaban J connectivity index is 2.39. The molecule has 1 aliphatic carbocycles. The fourth-order valence-electron chi connectivity index (χ4n) is 2.99. The molecule has 0 radical (unpaired) electrons. The molecule has 1 fully saturated rings. The van der Waals surface area contributed by atoms with Gasteiger partial charge in [0.1, 0.15) is 5.78 Å². The first kappa shape index (κ1) is 13.6. The summed E-state index contributed by atoms with van der Waals surface area (Å²) >= 11 is 5.96. The van der Waals surface area contributed by atoms with E-state index in [2.05, 4.69) is 31.1 Å². The van der Waals surface area contributed by atoms with Gasteiger partial charge in [0.2, 0.25) is 0 Å². The number of rotatable bonds is 2. The van der Waals surface area contributed by atoms with Crippen molar-refractivity contribution in [3.63, 3.8) is 0 Å². The second kappa shape index (κ2) is 5.02. The molecule has 2 atom stereocenters. The number of nitrogens with zero attached hydrogens (tertiary/aromatic N) is 1. The number of halogens is 1. The van der Waals surface area contributed by atoms with Crippen molar-refractivity contribution < 1.29 is 4.79 Å². The fourth-order valence-corrected chi connectivity index (χ4v) is 3.11. The highest BCUT2D eigenvalue weighted by Gasteiger charge is 2.41. The Kier molecular flexibility index (Phi) is 3.79. The van der Waals surface area contributed by atoms with Crippen LogP contribution in [0, 0.1) is 5.92 Å². The molecule has 0 saturated heterocycles. The van der Waals surface area contributed by atoms with Gasteiger partial charge in [-0.15, -0.1) is 0 Å². The van der Waals surface area contributed by atoms with Crippen LogP contribution in [0.2, 0.25) is 5.02 Å². The summed E-state index contributed by atoms with van der Waals surface area (Å²) in [5.74, 6) is 0.526. The van der Waals surface area contributed by atoms with Crippen LogP contribution in [0.25, 0.3) is 0 Å². The van der Waals surface area contributed by atoms with Crippen molar-refractivity contribution in [2.75, 3.05) is 14.1 Å². The van der Waals surface area contributed by atoms with E-state index in [1.165, 1.54) is 5.56 Å². The SMILES string of the molecule is CC1CC(c2ccc(Cl)cc2)(N(C)C)CCC1=O. The molecule has 0 spiro atoms. The van der Waals surface area contributed by atoms with E-state index in [0.717, 1.165) is 17.9 Å². The van der Waals surface area contributed by atoms with E-state index >= 15 is 0 Å². The van der Waals surface area contributed by atoms with Gasteiger partial charge in [-0.25, -0.2) is 0 Å². The Labute approximate surface area is 114 Å². The van der Waals surface area contributed by atoms with Gasteiger partial charge in [0.25, 0.3) is 0 Å². The molecule has 1 aromatic rings. The predicted octanol–water partition coefficient (Wildman–Crippen LogP) is 3.49. The molecule has 0 aliphatic heterocycles. The molecule has 18 heavy (non-hydrogen) atoms. The Morgan fingerprint density at radius 3 is 2.39 bits per heavy atom. The zero-order chi connectivity index (χ0) is 13.3. The van der Waals surface area contributed by atoms with E-state index in [0.29, 0.717) is 12.2 Å². The maximum atomic E-state index is 11.8. The first-order valence-electron chi connectivity index (χ1n) is 6.42. The predicted molar refractivity (Wildman–Crippen MR) is 74.8 cm³/mol. The molecule has 98 valence electrons. The number of hydrogen-bond acceptors (Lipinski definition) is 2. The van der Waals surface area contributed by atoms with E-state index in [1.54, 1.807) is 0 Å². The van der Waals surface area contributed by atoms with Gasteiger partial charge in [-0.3, -0.25) is 9.69 Å². The fraction of sp³-hybridized carbons (Fsp3) is 0.533. The van der Waals surface area contributed by atoms with Crippen molar-refractivity contribution >= 4 is 17.4 Å². The summed E-state index contributed by atoms with van der Waals surface area (Å²) < 4.78 is 0. The number of carbonyl (C=O) groups excluding carboxylic acids is 1. The average Bonchev–Trinajstić information content (AvgIpc) is 2.33. The number of benzene rings is 1. The molecule has 2 nitrogen and oxygen atoms in total. The molecule has 1 aromatic carbocycles. The van der Waals surface area contributed by atoms with Gasteiger partial charge in [0, 0.05) is 22.9 Å². The normalized spacial score (nSPS) is 28.7. The summed E-state index contributed by atoms with van der Waals surface area (Å²) in [6, 6.07) is 8.04. The first-order valence-corrected chi connectivity index (χ1v) is 6.80. The maximum absolute atomic E-state index is 11.8. The Morgan fingerprint density at radius 2 is 1.89 bits per heavy atom. The van der Waals surface area contributed by atoms with Crippen molar-refractivity contribution in [1.82, 2.24) is 4.90 Å². The summed E-state index contributed by atoms with van der Waals surface area (Å²) in [6.45, 7) is 2.04. The monoisotopic (exact) mass is 265 g/mol. The third-order valence-corrected chi connectivity index (χ3v) is 4.47. The standard InChI is InChI=1S/C15H20ClNO/c1-11-10-15(17(2)3,9-8-14(11)18)12-4-6-13(16)7-5-12/h4-7,11H,8-10H2,1-3H3. The summed E-state index contributed by atoms with van der Waals surface area (Å²) in [6.07, 6.45) is 2.45. The second-order valence-corrected chi connectivity index (χ2v) is 5.94. The summed E-state index contributed by atoms with van der Waals surface area (Å²) in [5, 5.41) is 0.757. The van der Waals surface area contributed by atoms with Crippen LogP contribution in [-0.4, -0.2) is 24.8 Å². The van der Waals surface area contributed by atoms with Crippen LogP contribution in [0.5, 0.6) is 0 Å². The Bertz CT molecular complexity index is 440. The van der Waals surface area contributed by atoms with E-state index in [9.17, 15) is 4.79 Å². The van der Waals surface area contributed by atoms with Crippen LogP contribution in [-0.2, 0) is 10.3 Å². The molecule has 2 rings (SSSR count). The van der Waals surface area contributed by atoms with Crippen molar-refractivity contribution in [2.45, 2.75) is 31.7 Å². The number of hydrogen-bond donors (Lipinski definition) is 0. The Hall–Kier alpha value is -0.860. The van der Waals surface area contributed by atoms with Gasteiger partial charge in [-0.1, -0.05) is 30.7 Å². The molecule has 1 saturated carbocycles. The van der Waals surface area contributed by atoms with Gasteiger partial charge in [0.05, 0.1) is 0 Å². The van der Waals surface area contributed by atoms with E-state index < -0.39 is 0 Å². The molecule has 3 heteroatoms. The largest absolute Gasteiger partial charge is 0.300 e. The topological polar surface area (TPSA) is 20.3 Å². The third-order valence-electron chi connectivity index (χ3n) is 4.22. The highest BCUT2D eigenvalue weighted by molar-refractivity contribution is 6.30. The minimum absolute atomic E-state index is 0.0298. The minimum Gasteiger partial charge on any atom is -0.300 e. The molecule has 0 N–H and O–H groups in total. The van der Waals surface area contributed by atoms with Crippen molar-refractivity contribution in [3.05, 3.63) is 34.9 Å². The lowest BCUT2D eigenvalue weighted by Gasteiger charge is -2.45. The lowest BCUT2D eigenvalue weighted by atomic mass is 9.71. The van der Waals surface area contributed by atoms with E-state index in [1.807, 2.05) is 19.1 Å². The second-order valence-electron chi connectivity index (χ2n) is 5.50. The number of carbonyl (C=O) groups is 1. The summed E-state index contributed by atoms with van der Waals surface area (Å²) in [4.78, 5) is 14.0. The molecule has 1 aliphatic rings. The zero-order valence-electron chi connectivity index (χ0n) is 11.2. The number of Topliss-reactive ketones (excluding diaryl/α,β-unsaturated/α-hetero) is 1. The van der Waals surface area contributed by atoms with Gasteiger partial charge in [0.15, 0.2) is 0 Å². The Morgan fingerprint density at radius 1 is 1.28 bits per heavy atom. The molecule has 2 unspecified atom stereocenters. The lowest BCUT2D eigenvalue weighted by molar-refractivity contribution is -0.127. The molecule has 0 aromatic heterocycles. The van der Waals surface area contributed by atoms with Gasteiger partial charge in [-0.2, -0.15) is 0 Å². The minimum atomic E-state index is -0.0298. The van der Waals surface area contributed by atoms with Crippen LogP contribution in [0.4, 0.5) is 0 Å². The maximum Gasteiger partial charge on any atom is 0.135 e. The van der Waals surface area contributed by atoms with Crippen LogP contribution >= 0.6 is 11.6 Å². The van der Waals surface area contributed by atoms with Crippen molar-refractivity contribution in [2.24, 2.45) is 5.92 Å². The molecular weight excluding hydrogens is 246 g/mol. The van der Waals surface area contributed by atoms with E-state index in [-0.39, 0.29) is 11.5 Å². The van der Waals surface area contributed by atoms with Gasteiger partial charge < -0.3 is 0 Å². The zero-order valence-corrected chi connectivity index (χ0v) is 12.0. The lowest BCUT2D eigenvalue weighted by Crippen LogP contribution is -2.47. The average molecular weight is 266 g/mol. The smallest absolute Gasteiger partial charge is 0.135 e. The van der Waals surface area contributed by atoms with Crippen LogP contribution < -0.4 is 0 Å². The van der Waals surface area contributed by atoms with Crippen molar-refractivity contribution in [3.8, 4) is 0 Å². The highest BCUT2D eigenvalue weighted by Crippen LogP contribution is 2.42. The quantitative estimate of drug-likeness (QED) is 0.816. The van der Waals surface area contributed by atoms with E-state index in [4.69, 9.17) is 11.6 Å². The van der Waals surface area contributed by atoms with Crippen LogP contribution in [0.3, 0.4) is 0 Å². The molecule has 0 amide bonds. The van der Waals surface area contributed by atoms with Crippen LogP contribution in [0.1, 0.15) is 31.7 Å². The third kappa shape index (κ3) is 2.32. The number of ketones is 1. The molecule has 0 heterocycles. The molecular formula is C15H20ClNO. The summed E-state index contributed by atoms with van der Waals surface area (Å²) in [5.41, 5.74) is 1.23. The van der Waals surface area contributed by atoms with Gasteiger partial charge >= 0.3 is 0 Å². The molecule has 0 bridgehead atoms. The summed E-state index contributed by atoms with van der Waals surface area (Å²) in [7, 11) is 4.19. The van der Waals surface area contributed by atoms with Crippen molar-refractivity contribution in [1.29, 1.82) is 0 Å².